The molecule has 0 bridgehead atoms. The van der Waals surface area contributed by atoms with Gasteiger partial charge < -0.3 is 19.5 Å². The highest BCUT2D eigenvalue weighted by Gasteiger charge is 2.26. The predicted molar refractivity (Wildman–Crippen MR) is 87.2 cm³/mol. The van der Waals surface area contributed by atoms with Gasteiger partial charge in [-0.2, -0.15) is 0 Å². The van der Waals surface area contributed by atoms with E-state index in [-0.39, 0.29) is 24.3 Å². The number of nitrogens with one attached hydrogen (secondary N) is 1. The van der Waals surface area contributed by atoms with E-state index in [1.54, 1.807) is 0 Å². The van der Waals surface area contributed by atoms with Gasteiger partial charge in [-0.25, -0.2) is 14.8 Å². The molecular weight excluding hydrogens is 334 g/mol. The lowest BCUT2D eigenvalue weighted by Crippen LogP contribution is -2.41. The summed E-state index contributed by atoms with van der Waals surface area (Å²) in [5.41, 5.74) is 0. The lowest BCUT2D eigenvalue weighted by molar-refractivity contribution is -0.0000593. The second kappa shape index (κ2) is 8.48. The van der Waals surface area contributed by atoms with Crippen LogP contribution in [-0.2, 0) is 9.47 Å². The Bertz CT molecular complexity index is 529. The number of hydrogen-bond acceptors (Lipinski definition) is 6. The summed E-state index contributed by atoms with van der Waals surface area (Å²) in [6.45, 7) is 1.32. The van der Waals surface area contributed by atoms with E-state index in [0.717, 1.165) is 38.5 Å². The molecule has 7 nitrogen and oxygen atoms in total. The van der Waals surface area contributed by atoms with Gasteiger partial charge in [0.1, 0.15) is 12.2 Å². The Kier molecular flexibility index (Phi) is 6.09. The summed E-state index contributed by atoms with van der Waals surface area (Å²) in [7, 11) is 0. The average molecular weight is 356 g/mol. The van der Waals surface area contributed by atoms with Crippen molar-refractivity contribution in [3.63, 3.8) is 0 Å². The first-order chi connectivity index (χ1) is 11.7. The van der Waals surface area contributed by atoms with Gasteiger partial charge in [-0.1, -0.05) is 11.6 Å². The van der Waals surface area contributed by atoms with Crippen LogP contribution in [0.3, 0.4) is 0 Å². The zero-order chi connectivity index (χ0) is 16.8. The van der Waals surface area contributed by atoms with Gasteiger partial charge in [0.25, 0.3) is 0 Å². The first-order valence-electron chi connectivity index (χ1n) is 8.38. The van der Waals surface area contributed by atoms with Crippen LogP contribution in [0.4, 0.5) is 4.79 Å². The van der Waals surface area contributed by atoms with Crippen LogP contribution in [0, 0.1) is 0 Å². The highest BCUT2D eigenvalue weighted by molar-refractivity contribution is 6.30. The maximum Gasteiger partial charge on any atom is 0.407 e. The Balaban J connectivity index is 1.37. The lowest BCUT2D eigenvalue weighted by Gasteiger charge is -2.29. The average Bonchev–Trinajstić information content (AvgIpc) is 2.59. The van der Waals surface area contributed by atoms with Crippen LogP contribution in [0.15, 0.2) is 12.4 Å². The molecule has 0 spiro atoms. The van der Waals surface area contributed by atoms with Crippen LogP contribution in [0.25, 0.3) is 0 Å². The molecule has 0 unspecified atom stereocenters. The highest BCUT2D eigenvalue weighted by Crippen LogP contribution is 2.23. The third-order valence-corrected chi connectivity index (χ3v) is 4.50. The van der Waals surface area contributed by atoms with E-state index in [1.807, 2.05) is 0 Å². The van der Waals surface area contributed by atoms with Gasteiger partial charge in [0.15, 0.2) is 0 Å². The van der Waals surface area contributed by atoms with E-state index in [2.05, 4.69) is 15.3 Å². The molecule has 2 fully saturated rings. The smallest absolute Gasteiger partial charge is 0.407 e. The molecule has 1 aromatic rings. The molecule has 1 aromatic heterocycles. The Morgan fingerprint density at radius 3 is 2.42 bits per heavy atom. The van der Waals surface area contributed by atoms with Crippen molar-refractivity contribution in [2.45, 2.75) is 56.8 Å². The molecule has 2 aliphatic rings. The molecule has 1 aliphatic heterocycles. The van der Waals surface area contributed by atoms with Gasteiger partial charge in [-0.05, 0) is 25.7 Å². The predicted octanol–water partition coefficient (Wildman–Crippen LogP) is 2.73. The van der Waals surface area contributed by atoms with E-state index in [9.17, 15) is 4.79 Å². The molecule has 1 aliphatic carbocycles. The van der Waals surface area contributed by atoms with Crippen LogP contribution in [-0.4, -0.2) is 47.5 Å². The SMILES string of the molecule is O=C(NC1CCC(Oc2ncc(Cl)cn2)CC1)OC1CCOCC1. The maximum atomic E-state index is 11.9. The molecule has 0 aromatic carbocycles. The normalized spacial score (nSPS) is 25.0. The largest absolute Gasteiger partial charge is 0.460 e. The van der Waals surface area contributed by atoms with Crippen LogP contribution in [0.2, 0.25) is 5.02 Å². The minimum Gasteiger partial charge on any atom is -0.460 e. The van der Waals surface area contributed by atoms with Crippen LogP contribution in [0.1, 0.15) is 38.5 Å². The molecule has 2 heterocycles. The van der Waals surface area contributed by atoms with Crippen molar-refractivity contribution in [2.24, 2.45) is 0 Å². The van der Waals surface area contributed by atoms with E-state index in [0.29, 0.717) is 24.2 Å². The third kappa shape index (κ3) is 5.21. The van der Waals surface area contributed by atoms with E-state index in [4.69, 9.17) is 25.8 Å². The molecule has 132 valence electrons. The van der Waals surface area contributed by atoms with Gasteiger partial charge in [0.2, 0.25) is 0 Å². The molecule has 24 heavy (non-hydrogen) atoms. The Morgan fingerprint density at radius 2 is 1.75 bits per heavy atom. The fourth-order valence-corrected chi connectivity index (χ4v) is 3.08. The van der Waals surface area contributed by atoms with E-state index in [1.165, 1.54) is 12.4 Å². The quantitative estimate of drug-likeness (QED) is 0.894. The van der Waals surface area contributed by atoms with Gasteiger partial charge >= 0.3 is 12.1 Å². The summed E-state index contributed by atoms with van der Waals surface area (Å²) < 4.78 is 16.4. The number of aromatic nitrogens is 2. The summed E-state index contributed by atoms with van der Waals surface area (Å²) in [6, 6.07) is 0.470. The molecule has 0 radical (unpaired) electrons. The van der Waals surface area contributed by atoms with Crippen molar-refractivity contribution < 1.29 is 19.0 Å². The van der Waals surface area contributed by atoms with Crippen LogP contribution < -0.4 is 10.1 Å². The van der Waals surface area contributed by atoms with Crippen molar-refractivity contribution in [2.75, 3.05) is 13.2 Å². The van der Waals surface area contributed by atoms with Crippen molar-refractivity contribution in [3.8, 4) is 6.01 Å². The van der Waals surface area contributed by atoms with Crippen molar-refractivity contribution in [1.29, 1.82) is 0 Å². The van der Waals surface area contributed by atoms with Gasteiger partial charge in [0, 0.05) is 18.9 Å². The number of halogens is 1. The summed E-state index contributed by atoms with van der Waals surface area (Å²) in [5.74, 6) is 0. The second-order valence-electron chi connectivity index (χ2n) is 6.14. The number of rotatable bonds is 4. The summed E-state index contributed by atoms with van der Waals surface area (Å²) in [6.07, 6.45) is 7.67. The lowest BCUT2D eigenvalue weighted by atomic mass is 9.93. The third-order valence-electron chi connectivity index (χ3n) is 4.31. The second-order valence-corrected chi connectivity index (χ2v) is 6.57. The van der Waals surface area contributed by atoms with Gasteiger partial charge in [-0.3, -0.25) is 0 Å². The molecular formula is C16H22ClN3O4. The maximum absolute atomic E-state index is 11.9. The van der Waals surface area contributed by atoms with Crippen molar-refractivity contribution >= 4 is 17.7 Å². The van der Waals surface area contributed by atoms with Crippen LogP contribution >= 0.6 is 11.6 Å². The summed E-state index contributed by atoms with van der Waals surface area (Å²) in [4.78, 5) is 20.0. The zero-order valence-electron chi connectivity index (χ0n) is 13.4. The molecule has 1 amide bonds. The minimum atomic E-state index is -0.327. The minimum absolute atomic E-state index is 0.0273. The molecule has 8 heteroatoms. The van der Waals surface area contributed by atoms with Gasteiger partial charge in [-0.15, -0.1) is 0 Å². The Hall–Kier alpha value is -1.60. The number of hydrogen-bond donors (Lipinski definition) is 1. The topological polar surface area (TPSA) is 82.6 Å². The Morgan fingerprint density at radius 1 is 1.08 bits per heavy atom. The number of amides is 1. The van der Waals surface area contributed by atoms with Crippen LogP contribution in [0.5, 0.6) is 6.01 Å². The van der Waals surface area contributed by atoms with Crippen molar-refractivity contribution in [1.82, 2.24) is 15.3 Å². The summed E-state index contributed by atoms with van der Waals surface area (Å²) in [5, 5.41) is 3.44. The number of carbonyl (C=O) groups excluding carboxylic acids is 1. The molecule has 1 saturated carbocycles. The van der Waals surface area contributed by atoms with Gasteiger partial charge in [0.05, 0.1) is 30.6 Å². The monoisotopic (exact) mass is 355 g/mol. The first kappa shape index (κ1) is 17.2. The zero-order valence-corrected chi connectivity index (χ0v) is 14.2. The standard InChI is InChI=1S/C16H22ClN3O4/c17-11-9-18-15(19-10-11)23-13-3-1-12(2-4-13)20-16(21)24-14-5-7-22-8-6-14/h9-10,12-14H,1-8H2,(H,20,21). The summed E-state index contributed by atoms with van der Waals surface area (Å²) >= 11 is 5.75. The molecule has 3 rings (SSSR count). The number of carbonyl (C=O) groups is 1. The number of nitrogens with zero attached hydrogens (tertiary/aromatic N) is 2. The fraction of sp³-hybridized carbons (Fsp3) is 0.688. The van der Waals surface area contributed by atoms with E-state index >= 15 is 0 Å². The molecule has 0 atom stereocenters. The number of alkyl carbamates (subject to hydrolysis) is 1. The molecule has 1 saturated heterocycles. The van der Waals surface area contributed by atoms with E-state index < -0.39 is 0 Å². The van der Waals surface area contributed by atoms with Crippen molar-refractivity contribution in [3.05, 3.63) is 17.4 Å². The number of ether oxygens (including phenoxy) is 3. The first-order valence-corrected chi connectivity index (χ1v) is 8.76. The fourth-order valence-electron chi connectivity index (χ4n) is 2.98. The highest BCUT2D eigenvalue weighted by atomic mass is 35.5. The molecule has 1 N–H and O–H groups in total. The Labute approximate surface area is 146 Å².